The normalized spacial score (nSPS) is 15.3. The van der Waals surface area contributed by atoms with Gasteiger partial charge in [-0.3, -0.25) is 14.9 Å². The first-order valence-corrected chi connectivity index (χ1v) is 12.1. The fraction of sp³-hybridized carbons (Fsp3) is 0.360. The zero-order valence-corrected chi connectivity index (χ0v) is 20.7. The van der Waals surface area contributed by atoms with Crippen molar-refractivity contribution in [2.24, 2.45) is 0 Å². The Kier molecular flexibility index (Phi) is 7.08. The highest BCUT2D eigenvalue weighted by molar-refractivity contribution is 6.31. The highest BCUT2D eigenvalue weighted by Crippen LogP contribution is 2.31. The Morgan fingerprint density at radius 3 is 2.80 bits per heavy atom. The highest BCUT2D eigenvalue weighted by Gasteiger charge is 2.24. The molecule has 1 fully saturated rings. The fourth-order valence-corrected chi connectivity index (χ4v) is 4.65. The molecule has 5 rings (SSSR count). The van der Waals surface area contributed by atoms with Crippen molar-refractivity contribution in [3.8, 4) is 0 Å². The summed E-state index contributed by atoms with van der Waals surface area (Å²) in [5, 5.41) is 19.7. The van der Waals surface area contributed by atoms with Gasteiger partial charge in [0.1, 0.15) is 0 Å². The Hall–Kier alpha value is -3.27. The molecule has 2 aromatic heterocycles. The lowest BCUT2D eigenvalue weighted by Gasteiger charge is -2.28. The highest BCUT2D eigenvalue weighted by atomic mass is 35.5. The van der Waals surface area contributed by atoms with Gasteiger partial charge in [-0.1, -0.05) is 23.7 Å². The number of morpholine rings is 1. The molecule has 1 unspecified atom stereocenters. The van der Waals surface area contributed by atoms with Gasteiger partial charge < -0.3 is 10.1 Å². The second kappa shape index (κ2) is 10.6. The number of hydrogen-bond acceptors (Lipinski definition) is 8. The first-order valence-electron chi connectivity index (χ1n) is 11.8. The first-order chi connectivity index (χ1) is 17.1. The second-order valence-corrected chi connectivity index (χ2v) is 9.28. The van der Waals surface area contributed by atoms with Gasteiger partial charge in [0, 0.05) is 61.1 Å². The molecule has 1 N–H and O–H groups in total. The number of tetrazole rings is 1. The monoisotopic (exact) mass is 492 g/mol. The van der Waals surface area contributed by atoms with E-state index in [9.17, 15) is 0 Å². The molecular formula is C25H29ClN8O. The SMILES string of the molecule is CN(C)n1nnnc1C(CCN1CCOCC1)c1cccc(Nc2ccnc3cc(Cl)ccc23)c1. The van der Waals surface area contributed by atoms with Crippen LogP contribution in [0.1, 0.15) is 23.7 Å². The van der Waals surface area contributed by atoms with Gasteiger partial charge >= 0.3 is 0 Å². The maximum Gasteiger partial charge on any atom is 0.182 e. The number of nitrogens with one attached hydrogen (secondary N) is 1. The average Bonchev–Trinajstić information content (AvgIpc) is 3.35. The second-order valence-electron chi connectivity index (χ2n) is 8.84. The molecular weight excluding hydrogens is 464 g/mol. The van der Waals surface area contributed by atoms with Crippen LogP contribution in [0.15, 0.2) is 54.7 Å². The standard InChI is InChI=1S/C25H29ClN8O/c1-32(2)34-25(29-30-31-34)21(9-11-33-12-14-35-15-13-33)18-4-3-5-20(16-18)28-23-8-10-27-24-17-19(26)6-7-22(23)24/h3-8,10,16-17,21H,9,11-15H2,1-2H3,(H,27,28). The number of benzene rings is 2. The van der Waals surface area contributed by atoms with Crippen LogP contribution in [-0.4, -0.2) is 77.1 Å². The third-order valence-corrected chi connectivity index (χ3v) is 6.51. The molecule has 0 radical (unpaired) electrons. The number of ether oxygens (including phenoxy) is 1. The number of pyridine rings is 1. The van der Waals surface area contributed by atoms with Gasteiger partial charge in [0.25, 0.3) is 0 Å². The molecule has 3 heterocycles. The summed E-state index contributed by atoms with van der Waals surface area (Å²) in [7, 11) is 3.88. The van der Waals surface area contributed by atoms with Crippen LogP contribution in [0, 0.1) is 0 Å². The zero-order chi connectivity index (χ0) is 24.2. The smallest absolute Gasteiger partial charge is 0.182 e. The molecule has 0 aliphatic carbocycles. The van der Waals surface area contributed by atoms with E-state index in [4.69, 9.17) is 16.3 Å². The van der Waals surface area contributed by atoms with E-state index in [1.165, 1.54) is 0 Å². The molecule has 0 spiro atoms. The van der Waals surface area contributed by atoms with Gasteiger partial charge in [-0.05, 0) is 65.4 Å². The quantitative estimate of drug-likeness (QED) is 0.399. The number of anilines is 2. The Morgan fingerprint density at radius 2 is 1.97 bits per heavy atom. The first kappa shape index (κ1) is 23.5. The molecule has 1 aliphatic heterocycles. The maximum atomic E-state index is 6.16. The number of rotatable bonds is 8. The molecule has 0 saturated carbocycles. The van der Waals surface area contributed by atoms with E-state index >= 15 is 0 Å². The van der Waals surface area contributed by atoms with Crippen molar-refractivity contribution < 1.29 is 4.74 Å². The maximum absolute atomic E-state index is 6.16. The Labute approximate surface area is 209 Å². The van der Waals surface area contributed by atoms with E-state index < -0.39 is 0 Å². The van der Waals surface area contributed by atoms with E-state index in [1.807, 2.05) is 43.4 Å². The van der Waals surface area contributed by atoms with Gasteiger partial charge in [0.2, 0.25) is 0 Å². The predicted octanol–water partition coefficient (Wildman–Crippen LogP) is 3.67. The summed E-state index contributed by atoms with van der Waals surface area (Å²) in [5.74, 6) is 0.856. The number of aromatic nitrogens is 5. The van der Waals surface area contributed by atoms with Crippen LogP contribution < -0.4 is 10.3 Å². The van der Waals surface area contributed by atoms with E-state index in [-0.39, 0.29) is 5.92 Å². The summed E-state index contributed by atoms with van der Waals surface area (Å²) in [4.78, 5) is 8.66. The van der Waals surface area contributed by atoms with Crippen molar-refractivity contribution >= 4 is 33.9 Å². The van der Waals surface area contributed by atoms with Crippen LogP contribution in [0.5, 0.6) is 0 Å². The van der Waals surface area contributed by atoms with Crippen LogP contribution in [0.4, 0.5) is 11.4 Å². The van der Waals surface area contributed by atoms with Crippen molar-refractivity contribution in [3.05, 3.63) is 71.1 Å². The summed E-state index contributed by atoms with van der Waals surface area (Å²) >= 11 is 6.16. The van der Waals surface area contributed by atoms with Crippen LogP contribution >= 0.6 is 11.6 Å². The minimum Gasteiger partial charge on any atom is -0.379 e. The molecule has 1 atom stereocenters. The van der Waals surface area contributed by atoms with Crippen molar-refractivity contribution in [2.75, 3.05) is 57.3 Å². The Morgan fingerprint density at radius 1 is 1.11 bits per heavy atom. The summed E-state index contributed by atoms with van der Waals surface area (Å²) in [6, 6.07) is 16.2. The molecule has 1 saturated heterocycles. The number of halogens is 1. The third-order valence-electron chi connectivity index (χ3n) is 6.28. The van der Waals surface area contributed by atoms with Crippen molar-refractivity contribution in [2.45, 2.75) is 12.3 Å². The van der Waals surface area contributed by atoms with Crippen LogP contribution in [0.2, 0.25) is 5.02 Å². The lowest BCUT2D eigenvalue weighted by molar-refractivity contribution is 0.0368. The summed E-state index contributed by atoms with van der Waals surface area (Å²) in [6.07, 6.45) is 2.69. The molecule has 182 valence electrons. The number of hydrogen-bond donors (Lipinski definition) is 1. The zero-order valence-electron chi connectivity index (χ0n) is 19.9. The average molecular weight is 493 g/mol. The summed E-state index contributed by atoms with van der Waals surface area (Å²) in [6.45, 7) is 4.41. The van der Waals surface area contributed by atoms with E-state index in [2.05, 4.69) is 55.0 Å². The molecule has 0 bridgehead atoms. The van der Waals surface area contributed by atoms with Gasteiger partial charge in [-0.15, -0.1) is 9.89 Å². The number of nitrogens with zero attached hydrogens (tertiary/aromatic N) is 7. The van der Waals surface area contributed by atoms with Crippen LogP contribution in [-0.2, 0) is 4.74 Å². The lowest BCUT2D eigenvalue weighted by Crippen LogP contribution is -2.37. The summed E-state index contributed by atoms with van der Waals surface area (Å²) in [5.41, 5.74) is 3.98. The topological polar surface area (TPSA) is 84.2 Å². The largest absolute Gasteiger partial charge is 0.379 e. The molecule has 4 aromatic rings. The molecule has 0 amide bonds. The fourth-order valence-electron chi connectivity index (χ4n) is 4.48. The minimum absolute atomic E-state index is 0.0324. The Bertz CT molecular complexity index is 1290. The Balaban J connectivity index is 1.45. The van der Waals surface area contributed by atoms with Crippen LogP contribution in [0.3, 0.4) is 0 Å². The lowest BCUT2D eigenvalue weighted by atomic mass is 9.94. The molecule has 10 heteroatoms. The van der Waals surface area contributed by atoms with Gasteiger partial charge in [-0.25, -0.2) is 0 Å². The summed E-state index contributed by atoms with van der Waals surface area (Å²) < 4.78 is 5.52. The predicted molar refractivity (Wildman–Crippen MR) is 138 cm³/mol. The van der Waals surface area contributed by atoms with E-state index in [1.54, 1.807) is 11.0 Å². The minimum atomic E-state index is 0.0324. The number of fused-ring (bicyclic) bond motifs is 1. The molecule has 35 heavy (non-hydrogen) atoms. The molecule has 9 nitrogen and oxygen atoms in total. The van der Waals surface area contributed by atoms with Gasteiger partial charge in [0.15, 0.2) is 5.82 Å². The van der Waals surface area contributed by atoms with Crippen LogP contribution in [0.25, 0.3) is 10.9 Å². The molecule has 2 aromatic carbocycles. The van der Waals surface area contributed by atoms with Gasteiger partial charge in [-0.2, -0.15) is 0 Å². The van der Waals surface area contributed by atoms with Crippen molar-refractivity contribution in [1.29, 1.82) is 0 Å². The van der Waals surface area contributed by atoms with Crippen molar-refractivity contribution in [1.82, 2.24) is 30.2 Å². The van der Waals surface area contributed by atoms with E-state index in [0.717, 1.165) is 72.9 Å². The third kappa shape index (κ3) is 5.37. The molecule has 1 aliphatic rings. The van der Waals surface area contributed by atoms with E-state index in [0.29, 0.717) is 5.02 Å². The van der Waals surface area contributed by atoms with Gasteiger partial charge in [0.05, 0.1) is 18.7 Å². The van der Waals surface area contributed by atoms with Crippen molar-refractivity contribution in [3.63, 3.8) is 0 Å².